The highest BCUT2D eigenvalue weighted by atomic mass is 32.2. The quantitative estimate of drug-likeness (QED) is 0.644. The van der Waals surface area contributed by atoms with E-state index in [0.29, 0.717) is 5.92 Å². The van der Waals surface area contributed by atoms with Crippen LogP contribution in [0.4, 0.5) is 0 Å². The topological polar surface area (TPSA) is 46.5 Å². The maximum absolute atomic E-state index is 10.3. The monoisotopic (exact) mass is 203 g/mol. The molecule has 0 aromatic rings. The fourth-order valence-corrected chi connectivity index (χ4v) is 2.29. The molecule has 1 aliphatic rings. The van der Waals surface area contributed by atoms with Crippen LogP contribution in [0.5, 0.6) is 0 Å². The van der Waals surface area contributed by atoms with E-state index in [1.165, 1.54) is 19.3 Å². The van der Waals surface area contributed by atoms with Crippen molar-refractivity contribution in [3.63, 3.8) is 0 Å². The van der Waals surface area contributed by atoms with Crippen molar-refractivity contribution >= 4 is 10.5 Å². The van der Waals surface area contributed by atoms with E-state index in [4.69, 9.17) is 0 Å². The van der Waals surface area contributed by atoms with Gasteiger partial charge < -0.3 is 0 Å². The van der Waals surface area contributed by atoms with E-state index in [2.05, 4.69) is 11.3 Å². The van der Waals surface area contributed by atoms with Gasteiger partial charge in [-0.05, 0) is 25.2 Å². The number of hydrogen-bond donors (Lipinski definition) is 0. The predicted octanol–water partition coefficient (Wildman–Crippen LogP) is 2.41. The Hall–Kier alpha value is -0.380. The molecular weight excluding hydrogens is 186 g/mol. The smallest absolute Gasteiger partial charge is 0.168 e. The van der Waals surface area contributed by atoms with Crippen LogP contribution in [0.25, 0.3) is 0 Å². The maximum Gasteiger partial charge on any atom is 0.311 e. The Kier molecular flexibility index (Phi) is 4.42. The molecule has 0 N–H and O–H groups in total. The summed E-state index contributed by atoms with van der Waals surface area (Å²) < 4.78 is 24.3. The molecule has 0 aromatic heterocycles. The minimum absolute atomic E-state index is 0.107. The molecule has 0 heterocycles. The SMILES string of the molecule is CCCCCC1CCC1N=S(=O)=O. The summed E-state index contributed by atoms with van der Waals surface area (Å²) >= 11 is 0. The average Bonchev–Trinajstić information content (AvgIpc) is 2.06. The second-order valence-corrected chi connectivity index (χ2v) is 4.37. The fourth-order valence-electron chi connectivity index (χ4n) is 1.79. The van der Waals surface area contributed by atoms with Crippen LogP contribution in [0.3, 0.4) is 0 Å². The zero-order valence-electron chi connectivity index (χ0n) is 8.07. The van der Waals surface area contributed by atoms with E-state index in [9.17, 15) is 8.42 Å². The summed E-state index contributed by atoms with van der Waals surface area (Å²) in [5, 5.41) is 0. The molecule has 76 valence electrons. The van der Waals surface area contributed by atoms with E-state index < -0.39 is 10.5 Å². The number of nitrogens with zero attached hydrogens (tertiary/aromatic N) is 1. The Morgan fingerprint density at radius 2 is 2.08 bits per heavy atom. The lowest BCUT2D eigenvalue weighted by molar-refractivity contribution is 0.238. The second-order valence-electron chi connectivity index (χ2n) is 3.72. The van der Waals surface area contributed by atoms with Crippen molar-refractivity contribution in [1.82, 2.24) is 0 Å². The van der Waals surface area contributed by atoms with Gasteiger partial charge in [-0.15, -0.1) is 0 Å². The van der Waals surface area contributed by atoms with Gasteiger partial charge in [-0.2, -0.15) is 12.8 Å². The van der Waals surface area contributed by atoms with Crippen molar-refractivity contribution in [2.24, 2.45) is 10.3 Å². The van der Waals surface area contributed by atoms with Crippen LogP contribution in [0.2, 0.25) is 0 Å². The first-order valence-electron chi connectivity index (χ1n) is 5.04. The molecule has 0 spiro atoms. The van der Waals surface area contributed by atoms with Gasteiger partial charge in [0.15, 0.2) is 0 Å². The Bertz CT molecular complexity index is 263. The summed E-state index contributed by atoms with van der Waals surface area (Å²) in [6, 6.07) is 0.107. The van der Waals surface area contributed by atoms with E-state index in [1.807, 2.05) is 0 Å². The van der Waals surface area contributed by atoms with Crippen LogP contribution in [0.15, 0.2) is 4.36 Å². The zero-order chi connectivity index (χ0) is 9.68. The van der Waals surface area contributed by atoms with Crippen molar-refractivity contribution < 1.29 is 8.42 Å². The van der Waals surface area contributed by atoms with Gasteiger partial charge >= 0.3 is 10.5 Å². The molecular formula is C9H17NO2S. The van der Waals surface area contributed by atoms with Crippen molar-refractivity contribution in [3.8, 4) is 0 Å². The van der Waals surface area contributed by atoms with Crippen molar-refractivity contribution in [2.75, 3.05) is 0 Å². The molecule has 0 amide bonds. The predicted molar refractivity (Wildman–Crippen MR) is 52.0 cm³/mol. The van der Waals surface area contributed by atoms with Gasteiger partial charge in [0.1, 0.15) is 0 Å². The van der Waals surface area contributed by atoms with Gasteiger partial charge in [0.05, 0.1) is 6.04 Å². The highest BCUT2D eigenvalue weighted by Crippen LogP contribution is 2.34. The van der Waals surface area contributed by atoms with Gasteiger partial charge in [0.25, 0.3) is 0 Å². The molecule has 2 atom stereocenters. The third-order valence-corrected chi connectivity index (χ3v) is 3.22. The van der Waals surface area contributed by atoms with E-state index in [1.54, 1.807) is 0 Å². The van der Waals surface area contributed by atoms with E-state index >= 15 is 0 Å². The van der Waals surface area contributed by atoms with Crippen molar-refractivity contribution in [2.45, 2.75) is 51.5 Å². The number of unbranched alkanes of at least 4 members (excludes halogenated alkanes) is 2. The summed E-state index contributed by atoms with van der Waals surface area (Å²) in [5.41, 5.74) is 0. The Morgan fingerprint density at radius 3 is 2.54 bits per heavy atom. The minimum atomic E-state index is -2.20. The molecule has 0 aromatic carbocycles. The largest absolute Gasteiger partial charge is 0.311 e. The van der Waals surface area contributed by atoms with Gasteiger partial charge in [-0.25, -0.2) is 0 Å². The molecule has 0 radical (unpaired) electrons. The minimum Gasteiger partial charge on any atom is -0.168 e. The molecule has 3 nitrogen and oxygen atoms in total. The first-order chi connectivity index (χ1) is 6.24. The fraction of sp³-hybridized carbons (Fsp3) is 1.00. The van der Waals surface area contributed by atoms with Gasteiger partial charge in [0, 0.05) is 0 Å². The van der Waals surface area contributed by atoms with Crippen LogP contribution < -0.4 is 0 Å². The van der Waals surface area contributed by atoms with Gasteiger partial charge in [-0.3, -0.25) is 0 Å². The van der Waals surface area contributed by atoms with Gasteiger partial charge in [0.2, 0.25) is 0 Å². The third kappa shape index (κ3) is 3.46. The summed E-state index contributed by atoms with van der Waals surface area (Å²) in [4.78, 5) is 0. The van der Waals surface area contributed by atoms with Crippen LogP contribution >= 0.6 is 0 Å². The summed E-state index contributed by atoms with van der Waals surface area (Å²) in [7, 11) is -2.20. The molecule has 2 unspecified atom stereocenters. The lowest BCUT2D eigenvalue weighted by Crippen LogP contribution is -2.29. The van der Waals surface area contributed by atoms with Crippen LogP contribution in [-0.4, -0.2) is 14.5 Å². The van der Waals surface area contributed by atoms with Crippen LogP contribution in [0.1, 0.15) is 45.4 Å². The first-order valence-corrected chi connectivity index (χ1v) is 6.07. The Labute approximate surface area is 81.2 Å². The molecule has 1 fully saturated rings. The Balaban J connectivity index is 2.25. The van der Waals surface area contributed by atoms with Crippen molar-refractivity contribution in [1.29, 1.82) is 0 Å². The first kappa shape index (κ1) is 10.7. The van der Waals surface area contributed by atoms with E-state index in [0.717, 1.165) is 19.3 Å². The lowest BCUT2D eigenvalue weighted by atomic mass is 9.77. The van der Waals surface area contributed by atoms with Crippen molar-refractivity contribution in [3.05, 3.63) is 0 Å². The molecule has 0 saturated heterocycles. The normalized spacial score (nSPS) is 26.5. The van der Waals surface area contributed by atoms with Crippen LogP contribution in [0, 0.1) is 5.92 Å². The summed E-state index contributed by atoms with van der Waals surface area (Å²) in [6.07, 6.45) is 6.98. The Morgan fingerprint density at radius 1 is 1.31 bits per heavy atom. The molecule has 1 aliphatic carbocycles. The molecule has 1 rings (SSSR count). The third-order valence-electron chi connectivity index (χ3n) is 2.78. The molecule has 4 heteroatoms. The summed E-state index contributed by atoms with van der Waals surface area (Å²) in [5.74, 6) is 0.546. The van der Waals surface area contributed by atoms with Crippen LogP contribution in [-0.2, 0) is 10.5 Å². The molecule has 1 saturated carbocycles. The standard InChI is InChI=1S/C9H17NO2S/c1-2-3-4-5-8-6-7-9(8)10-13(11)12/h8-9H,2-7H2,1H3. The summed E-state index contributed by atoms with van der Waals surface area (Å²) in [6.45, 7) is 2.18. The number of hydrogen-bond acceptors (Lipinski definition) is 3. The number of rotatable bonds is 5. The second kappa shape index (κ2) is 5.37. The molecule has 13 heavy (non-hydrogen) atoms. The average molecular weight is 203 g/mol. The highest BCUT2D eigenvalue weighted by molar-refractivity contribution is 7.61. The van der Waals surface area contributed by atoms with Gasteiger partial charge in [-0.1, -0.05) is 26.2 Å². The molecule has 0 aliphatic heterocycles. The lowest BCUT2D eigenvalue weighted by Gasteiger charge is -2.32. The molecule has 0 bridgehead atoms. The van der Waals surface area contributed by atoms with E-state index in [-0.39, 0.29) is 6.04 Å². The highest BCUT2D eigenvalue weighted by Gasteiger charge is 2.30. The maximum atomic E-state index is 10.3. The zero-order valence-corrected chi connectivity index (χ0v) is 8.89.